The normalized spacial score (nSPS) is 51.9. The van der Waals surface area contributed by atoms with Crippen LogP contribution in [0.15, 0.2) is 0 Å². The van der Waals surface area contributed by atoms with Crippen molar-refractivity contribution in [1.29, 1.82) is 0 Å². The van der Waals surface area contributed by atoms with E-state index >= 15 is 0 Å². The Kier molecular flexibility index (Phi) is 1.83. The summed E-state index contributed by atoms with van der Waals surface area (Å²) >= 11 is 0. The second-order valence-corrected chi connectivity index (χ2v) is 5.72. The molecule has 2 aliphatic carbocycles. The molecule has 2 fully saturated rings. The highest BCUT2D eigenvalue weighted by Crippen LogP contribution is 2.79. The van der Waals surface area contributed by atoms with Crippen LogP contribution in [0.3, 0.4) is 0 Å². The molecular formula is C12H23N. The van der Waals surface area contributed by atoms with E-state index < -0.39 is 0 Å². The molecule has 0 aromatic rings. The van der Waals surface area contributed by atoms with Crippen LogP contribution in [0.1, 0.15) is 40.5 Å². The summed E-state index contributed by atoms with van der Waals surface area (Å²) in [4.78, 5) is 0. The van der Waals surface area contributed by atoms with Crippen LogP contribution >= 0.6 is 0 Å². The van der Waals surface area contributed by atoms with Gasteiger partial charge >= 0.3 is 0 Å². The molecule has 2 rings (SSSR count). The zero-order chi connectivity index (χ0) is 9.85. The molecule has 0 bridgehead atoms. The first-order chi connectivity index (χ1) is 6.02. The van der Waals surface area contributed by atoms with Crippen molar-refractivity contribution in [3.8, 4) is 0 Å². The molecule has 2 N–H and O–H groups in total. The standard InChI is InChI=1S/C12H23N/c1-5-12(9-6-8(9)2)10(7-13)11(12,3)4/h8-10H,5-7,13H2,1-4H3. The van der Waals surface area contributed by atoms with E-state index in [-0.39, 0.29) is 0 Å². The lowest BCUT2D eigenvalue weighted by molar-refractivity contribution is 0.304. The fraction of sp³-hybridized carbons (Fsp3) is 1.00. The Bertz CT molecular complexity index is 221. The molecule has 4 atom stereocenters. The van der Waals surface area contributed by atoms with Crippen LogP contribution < -0.4 is 5.73 Å². The molecule has 0 amide bonds. The molecule has 2 aliphatic rings. The zero-order valence-electron chi connectivity index (χ0n) is 9.43. The van der Waals surface area contributed by atoms with Crippen LogP contribution in [0.2, 0.25) is 0 Å². The Labute approximate surface area is 82.1 Å². The minimum atomic E-state index is 0.520. The minimum absolute atomic E-state index is 0.520. The maximum Gasteiger partial charge on any atom is -0.00379 e. The van der Waals surface area contributed by atoms with Crippen molar-refractivity contribution < 1.29 is 0 Å². The predicted octanol–water partition coefficient (Wildman–Crippen LogP) is 2.65. The molecule has 0 aliphatic heterocycles. The number of hydrogen-bond donors (Lipinski definition) is 1. The van der Waals surface area contributed by atoms with E-state index in [0.29, 0.717) is 10.8 Å². The van der Waals surface area contributed by atoms with Crippen molar-refractivity contribution in [3.05, 3.63) is 0 Å². The van der Waals surface area contributed by atoms with Crippen LogP contribution in [-0.2, 0) is 0 Å². The highest BCUT2D eigenvalue weighted by atomic mass is 14.8. The van der Waals surface area contributed by atoms with Crippen molar-refractivity contribution in [2.24, 2.45) is 34.3 Å². The summed E-state index contributed by atoms with van der Waals surface area (Å²) in [6.07, 6.45) is 2.78. The summed E-state index contributed by atoms with van der Waals surface area (Å²) in [7, 11) is 0. The molecule has 13 heavy (non-hydrogen) atoms. The Hall–Kier alpha value is -0.0400. The van der Waals surface area contributed by atoms with Gasteiger partial charge in [-0.3, -0.25) is 0 Å². The molecule has 4 unspecified atom stereocenters. The van der Waals surface area contributed by atoms with E-state index in [0.717, 1.165) is 24.3 Å². The van der Waals surface area contributed by atoms with Crippen molar-refractivity contribution in [1.82, 2.24) is 0 Å². The van der Waals surface area contributed by atoms with Gasteiger partial charge in [-0.15, -0.1) is 0 Å². The van der Waals surface area contributed by atoms with Gasteiger partial charge in [0.1, 0.15) is 0 Å². The van der Waals surface area contributed by atoms with Crippen LogP contribution in [0.5, 0.6) is 0 Å². The Morgan fingerprint density at radius 2 is 1.92 bits per heavy atom. The quantitative estimate of drug-likeness (QED) is 0.711. The molecule has 0 heterocycles. The Morgan fingerprint density at radius 3 is 2.15 bits per heavy atom. The van der Waals surface area contributed by atoms with Gasteiger partial charge < -0.3 is 5.73 Å². The molecule has 0 spiro atoms. The number of rotatable bonds is 3. The second kappa shape index (κ2) is 2.50. The molecule has 0 aromatic heterocycles. The van der Waals surface area contributed by atoms with Crippen molar-refractivity contribution >= 4 is 0 Å². The van der Waals surface area contributed by atoms with Gasteiger partial charge in [0.2, 0.25) is 0 Å². The lowest BCUT2D eigenvalue weighted by Gasteiger charge is -2.18. The summed E-state index contributed by atoms with van der Waals surface area (Å²) in [6.45, 7) is 10.5. The Morgan fingerprint density at radius 1 is 1.38 bits per heavy atom. The molecule has 0 aromatic carbocycles. The van der Waals surface area contributed by atoms with Gasteiger partial charge in [0.15, 0.2) is 0 Å². The second-order valence-electron chi connectivity index (χ2n) is 5.72. The summed E-state index contributed by atoms with van der Waals surface area (Å²) < 4.78 is 0. The minimum Gasteiger partial charge on any atom is -0.330 e. The van der Waals surface area contributed by atoms with Gasteiger partial charge in [-0.2, -0.15) is 0 Å². The first kappa shape index (κ1) is 9.51. The molecule has 1 nitrogen and oxygen atoms in total. The summed E-state index contributed by atoms with van der Waals surface area (Å²) in [6, 6.07) is 0. The molecule has 0 saturated heterocycles. The lowest BCUT2D eigenvalue weighted by atomic mass is 9.86. The summed E-state index contributed by atoms with van der Waals surface area (Å²) in [5.74, 6) is 2.75. The van der Waals surface area contributed by atoms with E-state index in [1.807, 2.05) is 0 Å². The van der Waals surface area contributed by atoms with Crippen molar-refractivity contribution in [3.63, 3.8) is 0 Å². The van der Waals surface area contributed by atoms with Crippen LogP contribution in [0, 0.1) is 28.6 Å². The van der Waals surface area contributed by atoms with Gasteiger partial charge in [-0.05, 0) is 48.0 Å². The first-order valence-electron chi connectivity index (χ1n) is 5.72. The predicted molar refractivity (Wildman–Crippen MR) is 56.3 cm³/mol. The van der Waals surface area contributed by atoms with Gasteiger partial charge in [0.25, 0.3) is 0 Å². The molecule has 2 saturated carbocycles. The fourth-order valence-corrected chi connectivity index (χ4v) is 4.25. The number of nitrogens with two attached hydrogens (primary N) is 1. The van der Waals surface area contributed by atoms with E-state index in [1.165, 1.54) is 12.8 Å². The number of hydrogen-bond acceptors (Lipinski definition) is 1. The third kappa shape index (κ3) is 0.918. The molecular weight excluding hydrogens is 158 g/mol. The lowest BCUT2D eigenvalue weighted by Crippen LogP contribution is -2.14. The van der Waals surface area contributed by atoms with Gasteiger partial charge in [0, 0.05) is 0 Å². The van der Waals surface area contributed by atoms with Gasteiger partial charge in [-0.1, -0.05) is 27.7 Å². The average molecular weight is 181 g/mol. The highest BCUT2D eigenvalue weighted by molar-refractivity contribution is 5.23. The maximum atomic E-state index is 5.87. The van der Waals surface area contributed by atoms with Crippen LogP contribution in [0.4, 0.5) is 0 Å². The van der Waals surface area contributed by atoms with E-state index in [2.05, 4.69) is 27.7 Å². The molecule has 0 radical (unpaired) electrons. The van der Waals surface area contributed by atoms with Gasteiger partial charge in [-0.25, -0.2) is 0 Å². The third-order valence-electron chi connectivity index (χ3n) is 5.20. The van der Waals surface area contributed by atoms with E-state index in [1.54, 1.807) is 0 Å². The summed E-state index contributed by atoms with van der Waals surface area (Å²) in [5, 5.41) is 0. The maximum absolute atomic E-state index is 5.87. The largest absolute Gasteiger partial charge is 0.330 e. The monoisotopic (exact) mass is 181 g/mol. The van der Waals surface area contributed by atoms with Gasteiger partial charge in [0.05, 0.1) is 0 Å². The topological polar surface area (TPSA) is 26.0 Å². The first-order valence-corrected chi connectivity index (χ1v) is 5.72. The smallest absolute Gasteiger partial charge is 0.00379 e. The highest BCUT2D eigenvalue weighted by Gasteiger charge is 2.74. The van der Waals surface area contributed by atoms with E-state index in [4.69, 9.17) is 5.73 Å². The third-order valence-corrected chi connectivity index (χ3v) is 5.20. The Balaban J connectivity index is 2.19. The average Bonchev–Trinajstić information content (AvgIpc) is 2.87. The fourth-order valence-electron chi connectivity index (χ4n) is 4.25. The molecule has 76 valence electrons. The van der Waals surface area contributed by atoms with Crippen molar-refractivity contribution in [2.75, 3.05) is 6.54 Å². The SMILES string of the molecule is CCC1(C2CC2C)C(CN)C1(C)C. The van der Waals surface area contributed by atoms with Crippen LogP contribution in [-0.4, -0.2) is 6.54 Å². The van der Waals surface area contributed by atoms with Crippen LogP contribution in [0.25, 0.3) is 0 Å². The van der Waals surface area contributed by atoms with E-state index in [9.17, 15) is 0 Å². The van der Waals surface area contributed by atoms with Crippen molar-refractivity contribution in [2.45, 2.75) is 40.5 Å². The zero-order valence-corrected chi connectivity index (χ0v) is 9.43. The molecule has 1 heteroatoms. The summed E-state index contributed by atoms with van der Waals surface area (Å²) in [5.41, 5.74) is 7.00.